The second kappa shape index (κ2) is 13.1. The molecule has 1 aromatic rings. The normalized spacial score (nSPS) is 15.6. The van der Waals surface area contributed by atoms with Crippen LogP contribution in [0.1, 0.15) is 13.8 Å². The lowest BCUT2D eigenvalue weighted by atomic mass is 10.3. The van der Waals surface area contributed by atoms with Crippen LogP contribution in [0.15, 0.2) is 35.3 Å². The van der Waals surface area contributed by atoms with Crippen LogP contribution in [-0.2, 0) is 19.6 Å². The van der Waals surface area contributed by atoms with Crippen LogP contribution < -0.4 is 10.6 Å². The van der Waals surface area contributed by atoms with Crippen molar-refractivity contribution in [3.8, 4) is 0 Å². The molecule has 1 aromatic carbocycles. The van der Waals surface area contributed by atoms with Crippen molar-refractivity contribution >= 4 is 51.6 Å². The summed E-state index contributed by atoms with van der Waals surface area (Å²) >= 11 is 0. The molecule has 0 atom stereocenters. The lowest BCUT2D eigenvalue weighted by Gasteiger charge is -2.35. The van der Waals surface area contributed by atoms with Gasteiger partial charge in [0.25, 0.3) is 0 Å². The highest BCUT2D eigenvalue weighted by atomic mass is 127. The molecule has 0 spiro atoms. The van der Waals surface area contributed by atoms with Crippen molar-refractivity contribution in [1.29, 1.82) is 0 Å². The molecule has 0 radical (unpaired) electrons. The first-order valence-electron chi connectivity index (χ1n) is 9.71. The Kier molecular flexibility index (Phi) is 11.6. The van der Waals surface area contributed by atoms with Crippen molar-refractivity contribution in [3.05, 3.63) is 30.3 Å². The predicted octanol–water partition coefficient (Wildman–Crippen LogP) is 1.19. The van der Waals surface area contributed by atoms with Gasteiger partial charge in [-0.1, -0.05) is 18.2 Å². The number of nitrogens with one attached hydrogen (secondary N) is 2. The van der Waals surface area contributed by atoms with Crippen LogP contribution in [0.25, 0.3) is 0 Å². The minimum atomic E-state index is -3.34. The van der Waals surface area contributed by atoms with Crippen LogP contribution in [0.4, 0.5) is 5.69 Å². The van der Waals surface area contributed by atoms with Crippen molar-refractivity contribution in [2.75, 3.05) is 57.4 Å². The number of nitrogens with zero attached hydrogens (tertiary/aromatic N) is 3. The Morgan fingerprint density at radius 2 is 1.80 bits per heavy atom. The van der Waals surface area contributed by atoms with Gasteiger partial charge >= 0.3 is 0 Å². The fraction of sp³-hybridized carbons (Fsp3) is 0.579. The zero-order valence-corrected chi connectivity index (χ0v) is 20.9. The zero-order valence-electron chi connectivity index (χ0n) is 17.7. The van der Waals surface area contributed by atoms with Gasteiger partial charge in [0.15, 0.2) is 5.96 Å². The maximum Gasteiger partial charge on any atom is 0.243 e. The number of anilines is 1. The highest BCUT2D eigenvalue weighted by Crippen LogP contribution is 2.09. The van der Waals surface area contributed by atoms with Crippen LogP contribution in [0, 0.1) is 0 Å². The lowest BCUT2D eigenvalue weighted by Crippen LogP contribution is -2.54. The number of piperazine rings is 1. The first-order chi connectivity index (χ1) is 13.8. The third-order valence-electron chi connectivity index (χ3n) is 4.40. The number of amides is 1. The number of para-hydroxylation sites is 1. The quantitative estimate of drug-likeness (QED) is 0.285. The smallest absolute Gasteiger partial charge is 0.243 e. The lowest BCUT2D eigenvalue weighted by molar-refractivity contribution is -0.115. The van der Waals surface area contributed by atoms with E-state index in [-0.39, 0.29) is 54.9 Å². The van der Waals surface area contributed by atoms with Gasteiger partial charge in [-0.05, 0) is 26.0 Å². The number of guanidine groups is 1. The molecule has 0 saturated carbocycles. The van der Waals surface area contributed by atoms with Crippen molar-refractivity contribution in [3.63, 3.8) is 0 Å². The summed E-state index contributed by atoms with van der Waals surface area (Å²) in [7, 11) is -1.70. The molecule has 1 aliphatic heterocycles. The Hall–Kier alpha value is -1.44. The van der Waals surface area contributed by atoms with Crippen LogP contribution in [0.5, 0.6) is 0 Å². The van der Waals surface area contributed by atoms with E-state index in [4.69, 9.17) is 4.74 Å². The zero-order chi connectivity index (χ0) is 21.3. The minimum absolute atomic E-state index is 0. The van der Waals surface area contributed by atoms with E-state index in [0.717, 1.165) is 5.69 Å². The number of aliphatic imine (C=N–C) groups is 1. The van der Waals surface area contributed by atoms with Crippen LogP contribution in [0.2, 0.25) is 0 Å². The second-order valence-corrected chi connectivity index (χ2v) is 9.03. The molecule has 0 aliphatic carbocycles. The molecule has 2 rings (SSSR count). The Morgan fingerprint density at radius 1 is 1.17 bits per heavy atom. The summed E-state index contributed by atoms with van der Waals surface area (Å²) in [5, 5.41) is 5.84. The molecule has 170 valence electrons. The Bertz CT molecular complexity index is 781. The molecule has 1 amide bonds. The van der Waals surface area contributed by atoms with E-state index in [2.05, 4.69) is 15.6 Å². The number of hydrogen-bond donors (Lipinski definition) is 2. The summed E-state index contributed by atoms with van der Waals surface area (Å²) in [5.74, 6) is 0.384. The van der Waals surface area contributed by atoms with Gasteiger partial charge in [0.05, 0.1) is 25.0 Å². The molecular formula is C19H32IN5O4S. The van der Waals surface area contributed by atoms with Crippen LogP contribution in [0.3, 0.4) is 0 Å². The highest BCUT2D eigenvalue weighted by molar-refractivity contribution is 14.0. The number of benzene rings is 1. The van der Waals surface area contributed by atoms with Gasteiger partial charge in [-0.2, -0.15) is 4.31 Å². The van der Waals surface area contributed by atoms with Crippen molar-refractivity contribution < 1.29 is 17.9 Å². The molecular weight excluding hydrogens is 521 g/mol. The third kappa shape index (κ3) is 8.74. The van der Waals surface area contributed by atoms with Crippen LogP contribution >= 0.6 is 24.0 Å². The van der Waals surface area contributed by atoms with Crippen molar-refractivity contribution in [2.45, 2.75) is 20.0 Å². The first kappa shape index (κ1) is 26.6. The van der Waals surface area contributed by atoms with Crippen molar-refractivity contribution in [2.24, 2.45) is 4.99 Å². The molecule has 1 fully saturated rings. The SMILES string of the molecule is CN=C(NCC(=O)Nc1ccccc1)N1CCN(S(=O)(=O)CCOC(C)C)CC1.I. The molecule has 0 bridgehead atoms. The van der Waals surface area contributed by atoms with Gasteiger partial charge < -0.3 is 20.3 Å². The fourth-order valence-corrected chi connectivity index (χ4v) is 4.20. The highest BCUT2D eigenvalue weighted by Gasteiger charge is 2.28. The average Bonchev–Trinajstić information content (AvgIpc) is 2.69. The maximum absolute atomic E-state index is 12.4. The Balaban J connectivity index is 0.00000450. The molecule has 9 nitrogen and oxygen atoms in total. The van der Waals surface area contributed by atoms with E-state index >= 15 is 0 Å². The Labute approximate surface area is 196 Å². The van der Waals surface area contributed by atoms with Gasteiger partial charge in [-0.15, -0.1) is 24.0 Å². The maximum atomic E-state index is 12.4. The van der Waals surface area contributed by atoms with Crippen molar-refractivity contribution in [1.82, 2.24) is 14.5 Å². The number of sulfonamides is 1. The number of hydrogen-bond acceptors (Lipinski definition) is 5. The number of carbonyl (C=O) groups excluding carboxylic acids is 1. The number of ether oxygens (including phenoxy) is 1. The summed E-state index contributed by atoms with van der Waals surface area (Å²) in [5.41, 5.74) is 0.731. The molecule has 30 heavy (non-hydrogen) atoms. The van der Waals surface area contributed by atoms with E-state index in [1.165, 1.54) is 4.31 Å². The molecule has 1 saturated heterocycles. The minimum Gasteiger partial charge on any atom is -0.378 e. The summed E-state index contributed by atoms with van der Waals surface area (Å²) in [4.78, 5) is 18.3. The molecule has 0 aromatic heterocycles. The molecule has 1 heterocycles. The number of carbonyl (C=O) groups is 1. The van der Waals surface area contributed by atoms with Crippen LogP contribution in [-0.4, -0.2) is 87.7 Å². The summed E-state index contributed by atoms with van der Waals surface area (Å²) < 4.78 is 31.7. The first-order valence-corrected chi connectivity index (χ1v) is 11.3. The van der Waals surface area contributed by atoms with Gasteiger partial charge in [0.1, 0.15) is 0 Å². The summed E-state index contributed by atoms with van der Waals surface area (Å²) in [6.45, 7) is 5.79. The molecule has 11 heteroatoms. The standard InChI is InChI=1S/C19H31N5O4S.HI/c1-16(2)28-13-14-29(26,27)24-11-9-23(10-12-24)19(20-3)21-15-18(25)22-17-7-5-4-6-8-17;/h4-8,16H,9-15H2,1-3H3,(H,20,21)(H,22,25);1H. The van der Waals surface area contributed by atoms with E-state index in [1.807, 2.05) is 49.1 Å². The van der Waals surface area contributed by atoms with Gasteiger partial charge in [0.2, 0.25) is 15.9 Å². The molecule has 0 unspecified atom stereocenters. The average molecular weight is 553 g/mol. The van der Waals surface area contributed by atoms with Gasteiger partial charge in [-0.3, -0.25) is 9.79 Å². The number of halogens is 1. The van der Waals surface area contributed by atoms with E-state index in [9.17, 15) is 13.2 Å². The second-order valence-electron chi connectivity index (χ2n) is 6.94. The van der Waals surface area contributed by atoms with Gasteiger partial charge in [-0.25, -0.2) is 8.42 Å². The predicted molar refractivity (Wildman–Crippen MR) is 130 cm³/mol. The monoisotopic (exact) mass is 553 g/mol. The van der Waals surface area contributed by atoms with E-state index in [0.29, 0.717) is 32.1 Å². The molecule has 2 N–H and O–H groups in total. The Morgan fingerprint density at radius 3 is 2.37 bits per heavy atom. The summed E-state index contributed by atoms with van der Waals surface area (Å²) in [6.07, 6.45) is 0.00976. The van der Waals surface area contributed by atoms with E-state index in [1.54, 1.807) is 7.05 Å². The summed E-state index contributed by atoms with van der Waals surface area (Å²) in [6, 6.07) is 9.22. The largest absolute Gasteiger partial charge is 0.378 e. The topological polar surface area (TPSA) is 103 Å². The fourth-order valence-electron chi connectivity index (χ4n) is 2.91. The van der Waals surface area contributed by atoms with E-state index < -0.39 is 10.0 Å². The van der Waals surface area contributed by atoms with Gasteiger partial charge in [0, 0.05) is 38.9 Å². The molecule has 1 aliphatic rings. The number of rotatable bonds is 8. The third-order valence-corrected chi connectivity index (χ3v) is 6.23.